The third kappa shape index (κ3) is 2.56. The second-order valence-corrected chi connectivity index (χ2v) is 3.53. The van der Waals surface area contributed by atoms with Crippen LogP contribution in [0.25, 0.3) is 0 Å². The molecule has 0 aliphatic heterocycles. The number of halogens is 2. The van der Waals surface area contributed by atoms with E-state index in [0.717, 1.165) is 6.20 Å². The van der Waals surface area contributed by atoms with E-state index in [1.807, 2.05) is 0 Å². The second-order valence-electron chi connectivity index (χ2n) is 2.37. The van der Waals surface area contributed by atoms with Gasteiger partial charge in [-0.15, -0.1) is 5.92 Å². The summed E-state index contributed by atoms with van der Waals surface area (Å²) < 4.78 is 14.5. The lowest BCUT2D eigenvalue weighted by molar-refractivity contribution is 0.597. The van der Waals surface area contributed by atoms with E-state index in [-0.39, 0.29) is 12.1 Å². The van der Waals surface area contributed by atoms with Crippen molar-refractivity contribution in [1.82, 2.24) is 4.57 Å². The molecule has 4 heteroatoms. The zero-order valence-corrected chi connectivity index (χ0v) is 9.13. The van der Waals surface area contributed by atoms with Crippen LogP contribution < -0.4 is 5.56 Å². The summed E-state index contributed by atoms with van der Waals surface area (Å²) in [6, 6.07) is 1.21. The van der Waals surface area contributed by atoms with E-state index >= 15 is 0 Å². The zero-order valence-electron chi connectivity index (χ0n) is 6.97. The van der Waals surface area contributed by atoms with Crippen LogP contribution in [0.1, 0.15) is 6.92 Å². The molecule has 0 saturated heterocycles. The Kier molecular flexibility index (Phi) is 3.48. The van der Waals surface area contributed by atoms with Crippen molar-refractivity contribution in [3.8, 4) is 11.8 Å². The minimum absolute atomic E-state index is 0.204. The molecule has 0 N–H and O–H groups in total. The summed E-state index contributed by atoms with van der Waals surface area (Å²) in [4.78, 5) is 11.3. The van der Waals surface area contributed by atoms with Crippen LogP contribution in [0, 0.1) is 21.2 Å². The Bertz CT molecular complexity index is 427. The van der Waals surface area contributed by atoms with E-state index in [2.05, 4.69) is 11.8 Å². The van der Waals surface area contributed by atoms with Crippen LogP contribution in [0.3, 0.4) is 0 Å². The minimum Gasteiger partial charge on any atom is -0.300 e. The lowest BCUT2D eigenvalue weighted by atomic mass is 10.4. The normalized spacial score (nSPS) is 9.15. The van der Waals surface area contributed by atoms with Crippen molar-refractivity contribution in [2.24, 2.45) is 0 Å². The smallest absolute Gasteiger partial charge is 0.265 e. The van der Waals surface area contributed by atoms with Gasteiger partial charge in [-0.05, 0) is 35.6 Å². The Morgan fingerprint density at radius 2 is 2.38 bits per heavy atom. The molecule has 0 saturated carbocycles. The van der Waals surface area contributed by atoms with Gasteiger partial charge >= 0.3 is 0 Å². The molecular weight excluding hydrogens is 284 g/mol. The Morgan fingerprint density at radius 3 is 3.00 bits per heavy atom. The number of hydrogen-bond acceptors (Lipinski definition) is 1. The van der Waals surface area contributed by atoms with Gasteiger partial charge < -0.3 is 4.57 Å². The Balaban J connectivity index is 3.18. The second kappa shape index (κ2) is 4.42. The Morgan fingerprint density at radius 1 is 1.69 bits per heavy atom. The van der Waals surface area contributed by atoms with Crippen LogP contribution in [0.5, 0.6) is 0 Å². The average Bonchev–Trinajstić information content (AvgIpc) is 2.09. The highest BCUT2D eigenvalue weighted by Crippen LogP contribution is 2.00. The predicted octanol–water partition coefficient (Wildman–Crippen LogP) is 1.62. The molecule has 0 aliphatic rings. The quantitative estimate of drug-likeness (QED) is 0.569. The average molecular weight is 291 g/mol. The molecule has 0 fully saturated rings. The zero-order chi connectivity index (χ0) is 9.84. The summed E-state index contributed by atoms with van der Waals surface area (Å²) >= 11 is 1.81. The van der Waals surface area contributed by atoms with Crippen LogP contribution >= 0.6 is 22.6 Å². The molecule has 0 aliphatic carbocycles. The highest BCUT2D eigenvalue weighted by molar-refractivity contribution is 14.1. The Labute approximate surface area is 88.9 Å². The van der Waals surface area contributed by atoms with Crippen LogP contribution in [0.4, 0.5) is 4.39 Å². The van der Waals surface area contributed by atoms with E-state index in [0.29, 0.717) is 3.57 Å². The van der Waals surface area contributed by atoms with Crippen LogP contribution in [-0.4, -0.2) is 4.57 Å². The largest absolute Gasteiger partial charge is 0.300 e. The SMILES string of the molecule is CC#CCn1cc(F)cc(I)c1=O. The summed E-state index contributed by atoms with van der Waals surface area (Å²) in [5.74, 6) is 4.94. The fraction of sp³-hybridized carbons (Fsp3) is 0.222. The Hall–Kier alpha value is -0.830. The van der Waals surface area contributed by atoms with Gasteiger partial charge in [0.15, 0.2) is 0 Å². The highest BCUT2D eigenvalue weighted by Gasteiger charge is 2.02. The van der Waals surface area contributed by atoms with Crippen molar-refractivity contribution < 1.29 is 4.39 Å². The van der Waals surface area contributed by atoms with Crippen LogP contribution in [0.15, 0.2) is 17.1 Å². The molecule has 13 heavy (non-hydrogen) atoms. The third-order valence-electron chi connectivity index (χ3n) is 1.44. The maximum Gasteiger partial charge on any atom is 0.265 e. The number of nitrogens with zero attached hydrogens (tertiary/aromatic N) is 1. The summed E-state index contributed by atoms with van der Waals surface area (Å²) in [5, 5.41) is 0. The van der Waals surface area contributed by atoms with E-state index in [4.69, 9.17) is 0 Å². The third-order valence-corrected chi connectivity index (χ3v) is 2.21. The van der Waals surface area contributed by atoms with Crippen molar-refractivity contribution in [3.63, 3.8) is 0 Å². The molecule has 0 bridgehead atoms. The van der Waals surface area contributed by atoms with Crippen molar-refractivity contribution in [1.29, 1.82) is 0 Å². The topological polar surface area (TPSA) is 22.0 Å². The molecule has 0 unspecified atom stereocenters. The first-order chi connectivity index (χ1) is 6.15. The minimum atomic E-state index is -0.415. The van der Waals surface area contributed by atoms with Gasteiger partial charge in [0.25, 0.3) is 5.56 Å². The van der Waals surface area contributed by atoms with E-state index in [1.54, 1.807) is 29.5 Å². The van der Waals surface area contributed by atoms with Crippen LogP contribution in [0.2, 0.25) is 0 Å². The summed E-state index contributed by atoms with van der Waals surface area (Å²) in [5.41, 5.74) is -0.204. The predicted molar refractivity (Wildman–Crippen MR) is 56.8 cm³/mol. The van der Waals surface area contributed by atoms with Gasteiger partial charge in [-0.2, -0.15) is 0 Å². The molecule has 0 aromatic carbocycles. The standard InChI is InChI=1S/C9H7FINO/c1-2-3-4-12-6-7(10)5-8(11)9(12)13/h5-6H,4H2,1H3. The van der Waals surface area contributed by atoms with Gasteiger partial charge in [-0.3, -0.25) is 4.79 Å². The number of aromatic nitrogens is 1. The molecule has 0 radical (unpaired) electrons. The lowest BCUT2D eigenvalue weighted by Gasteiger charge is -2.00. The molecule has 0 spiro atoms. The van der Waals surface area contributed by atoms with Crippen molar-refractivity contribution >= 4 is 22.6 Å². The number of pyridine rings is 1. The molecule has 2 nitrogen and oxygen atoms in total. The van der Waals surface area contributed by atoms with Crippen LogP contribution in [-0.2, 0) is 6.54 Å². The number of hydrogen-bond donors (Lipinski definition) is 0. The molecule has 1 rings (SSSR count). The van der Waals surface area contributed by atoms with Crippen molar-refractivity contribution in [3.05, 3.63) is 32.0 Å². The number of rotatable bonds is 1. The fourth-order valence-corrected chi connectivity index (χ4v) is 1.45. The van der Waals surface area contributed by atoms with Gasteiger partial charge in [0.05, 0.1) is 10.1 Å². The van der Waals surface area contributed by atoms with Gasteiger partial charge in [0.1, 0.15) is 5.82 Å². The molecule has 1 aromatic rings. The van der Waals surface area contributed by atoms with E-state index in [1.165, 1.54) is 10.6 Å². The van der Waals surface area contributed by atoms with Gasteiger partial charge in [0, 0.05) is 6.20 Å². The highest BCUT2D eigenvalue weighted by atomic mass is 127. The van der Waals surface area contributed by atoms with Gasteiger partial charge in [0.2, 0.25) is 0 Å². The molecule has 1 aromatic heterocycles. The summed E-state index contributed by atoms with van der Waals surface area (Å²) in [6.07, 6.45) is 1.16. The molecular formula is C9H7FINO. The first kappa shape index (κ1) is 10.3. The van der Waals surface area contributed by atoms with E-state index in [9.17, 15) is 9.18 Å². The molecule has 68 valence electrons. The first-order valence-electron chi connectivity index (χ1n) is 3.60. The monoisotopic (exact) mass is 291 g/mol. The summed E-state index contributed by atoms with van der Waals surface area (Å²) in [6.45, 7) is 1.92. The fourth-order valence-electron chi connectivity index (χ4n) is 0.846. The molecule has 0 atom stereocenters. The van der Waals surface area contributed by atoms with Crippen molar-refractivity contribution in [2.75, 3.05) is 0 Å². The lowest BCUT2D eigenvalue weighted by Crippen LogP contribution is -2.22. The summed E-state index contributed by atoms with van der Waals surface area (Å²) in [7, 11) is 0. The molecule has 0 amide bonds. The maximum atomic E-state index is 12.8. The van der Waals surface area contributed by atoms with Crippen molar-refractivity contribution in [2.45, 2.75) is 13.5 Å². The maximum absolute atomic E-state index is 12.8. The van der Waals surface area contributed by atoms with Gasteiger partial charge in [-0.1, -0.05) is 5.92 Å². The molecule has 1 heterocycles. The van der Waals surface area contributed by atoms with Gasteiger partial charge in [-0.25, -0.2) is 4.39 Å². The van der Waals surface area contributed by atoms with E-state index < -0.39 is 5.82 Å². The first-order valence-corrected chi connectivity index (χ1v) is 4.68.